The molecule has 5 rings (SSSR count). The number of carbonyl (C=O) groups excluding carboxylic acids is 1. The number of halogens is 1. The van der Waals surface area contributed by atoms with Crippen LogP contribution in [-0.4, -0.2) is 27.9 Å². The number of nitrogens with zero attached hydrogens (tertiary/aromatic N) is 2. The van der Waals surface area contributed by atoms with Gasteiger partial charge in [0.2, 0.25) is 0 Å². The summed E-state index contributed by atoms with van der Waals surface area (Å²) < 4.78 is 13.2. The van der Waals surface area contributed by atoms with Crippen molar-refractivity contribution in [3.05, 3.63) is 77.9 Å². The standard InChI is InChI=1S/C23H21FN2O/c24-18-7-5-15(6-8-18)17-13-19-9-10-20(14-17)26(19)23(27)22-21-4-2-1-3-16(21)11-12-25-22/h1-8,11-12,17,19-20H,9-10,13-14H2/t19-,20-/m0/s1. The molecule has 2 aliphatic heterocycles. The van der Waals surface area contributed by atoms with Crippen LogP contribution in [0.3, 0.4) is 0 Å². The van der Waals surface area contributed by atoms with Crippen molar-refractivity contribution in [2.45, 2.75) is 43.7 Å². The molecule has 136 valence electrons. The van der Waals surface area contributed by atoms with Gasteiger partial charge in [0.1, 0.15) is 11.5 Å². The Bertz CT molecular complexity index is 981. The predicted octanol–water partition coefficient (Wildman–Crippen LogP) is 4.92. The summed E-state index contributed by atoms with van der Waals surface area (Å²) in [7, 11) is 0. The van der Waals surface area contributed by atoms with Crippen molar-refractivity contribution in [1.29, 1.82) is 0 Å². The first-order chi connectivity index (χ1) is 13.2. The molecule has 0 aliphatic carbocycles. The molecule has 2 fully saturated rings. The van der Waals surface area contributed by atoms with Crippen LogP contribution in [0.5, 0.6) is 0 Å². The number of aromatic nitrogens is 1. The summed E-state index contributed by atoms with van der Waals surface area (Å²) in [5, 5.41) is 1.97. The van der Waals surface area contributed by atoms with Gasteiger partial charge in [0.05, 0.1) is 0 Å². The van der Waals surface area contributed by atoms with E-state index in [0.717, 1.165) is 36.5 Å². The van der Waals surface area contributed by atoms with Gasteiger partial charge in [-0.3, -0.25) is 9.78 Å². The van der Waals surface area contributed by atoms with E-state index >= 15 is 0 Å². The van der Waals surface area contributed by atoms with Gasteiger partial charge in [-0.05, 0) is 60.7 Å². The van der Waals surface area contributed by atoms with E-state index in [2.05, 4.69) is 9.88 Å². The van der Waals surface area contributed by atoms with Crippen LogP contribution < -0.4 is 0 Å². The first-order valence-electron chi connectivity index (χ1n) is 9.62. The first kappa shape index (κ1) is 16.4. The molecule has 3 heterocycles. The van der Waals surface area contributed by atoms with Crippen LogP contribution in [0.25, 0.3) is 10.8 Å². The van der Waals surface area contributed by atoms with Gasteiger partial charge in [-0.1, -0.05) is 36.4 Å². The monoisotopic (exact) mass is 360 g/mol. The van der Waals surface area contributed by atoms with Crippen LogP contribution in [0.15, 0.2) is 60.8 Å². The minimum atomic E-state index is -0.198. The largest absolute Gasteiger partial charge is 0.331 e. The molecule has 0 N–H and O–H groups in total. The van der Waals surface area contributed by atoms with Gasteiger partial charge >= 0.3 is 0 Å². The number of benzene rings is 2. The van der Waals surface area contributed by atoms with Crippen LogP contribution in [0.4, 0.5) is 4.39 Å². The number of hydrogen-bond acceptors (Lipinski definition) is 2. The van der Waals surface area contributed by atoms with Gasteiger partial charge in [-0.2, -0.15) is 0 Å². The Hall–Kier alpha value is -2.75. The van der Waals surface area contributed by atoms with Crippen molar-refractivity contribution in [3.63, 3.8) is 0 Å². The molecule has 1 amide bonds. The van der Waals surface area contributed by atoms with Crippen LogP contribution in [0.1, 0.15) is 47.7 Å². The summed E-state index contributed by atoms with van der Waals surface area (Å²) in [5.74, 6) is 0.251. The highest BCUT2D eigenvalue weighted by Crippen LogP contribution is 2.43. The fraction of sp³-hybridized carbons (Fsp3) is 0.304. The van der Waals surface area contributed by atoms with E-state index in [0.29, 0.717) is 11.6 Å². The highest BCUT2D eigenvalue weighted by atomic mass is 19.1. The molecular weight excluding hydrogens is 339 g/mol. The molecular formula is C23H21FN2O. The van der Waals surface area contributed by atoms with E-state index in [9.17, 15) is 9.18 Å². The third kappa shape index (κ3) is 2.80. The Kier molecular flexibility index (Phi) is 3.92. The van der Waals surface area contributed by atoms with Crippen molar-refractivity contribution in [2.75, 3.05) is 0 Å². The summed E-state index contributed by atoms with van der Waals surface area (Å²) in [6, 6.07) is 17.2. The maximum atomic E-state index is 13.4. The second-order valence-electron chi connectivity index (χ2n) is 7.70. The molecule has 27 heavy (non-hydrogen) atoms. The second-order valence-corrected chi connectivity index (χ2v) is 7.70. The second kappa shape index (κ2) is 6.45. The minimum Gasteiger partial charge on any atom is -0.331 e. The number of rotatable bonds is 2. The van der Waals surface area contributed by atoms with Crippen molar-refractivity contribution < 1.29 is 9.18 Å². The van der Waals surface area contributed by atoms with E-state index in [1.165, 1.54) is 17.7 Å². The number of fused-ring (bicyclic) bond motifs is 3. The Labute approximate surface area is 157 Å². The first-order valence-corrected chi connectivity index (χ1v) is 9.62. The van der Waals surface area contributed by atoms with Crippen LogP contribution >= 0.6 is 0 Å². The summed E-state index contributed by atoms with van der Waals surface area (Å²) in [4.78, 5) is 19.9. The molecule has 2 aliphatic rings. The van der Waals surface area contributed by atoms with Gasteiger partial charge in [0, 0.05) is 23.7 Å². The molecule has 3 aromatic rings. The molecule has 0 spiro atoms. The SMILES string of the molecule is O=C(c1nccc2ccccc12)N1[C@H]2CC[C@H]1CC(c1ccc(F)cc1)C2. The summed E-state index contributed by atoms with van der Waals surface area (Å²) >= 11 is 0. The van der Waals surface area contributed by atoms with E-state index in [1.54, 1.807) is 6.20 Å². The third-order valence-electron chi connectivity index (χ3n) is 6.19. The molecule has 2 atom stereocenters. The Balaban J connectivity index is 1.44. The summed E-state index contributed by atoms with van der Waals surface area (Å²) in [6.45, 7) is 0. The van der Waals surface area contributed by atoms with Gasteiger partial charge in [-0.25, -0.2) is 4.39 Å². The molecule has 0 unspecified atom stereocenters. The average molecular weight is 360 g/mol. The number of hydrogen-bond donors (Lipinski definition) is 0. The zero-order valence-corrected chi connectivity index (χ0v) is 15.0. The maximum absolute atomic E-state index is 13.4. The molecule has 1 aromatic heterocycles. The number of carbonyl (C=O) groups is 1. The zero-order chi connectivity index (χ0) is 18.4. The quantitative estimate of drug-likeness (QED) is 0.649. The lowest BCUT2D eigenvalue weighted by atomic mass is 9.85. The Morgan fingerprint density at radius 1 is 0.963 bits per heavy atom. The zero-order valence-electron chi connectivity index (χ0n) is 15.0. The number of amides is 1. The third-order valence-corrected chi connectivity index (χ3v) is 6.19. The number of pyridine rings is 1. The van der Waals surface area contributed by atoms with Crippen molar-refractivity contribution in [1.82, 2.24) is 9.88 Å². The van der Waals surface area contributed by atoms with Gasteiger partial charge in [0.15, 0.2) is 0 Å². The van der Waals surface area contributed by atoms with Crippen molar-refractivity contribution >= 4 is 16.7 Å². The van der Waals surface area contributed by atoms with Crippen LogP contribution in [-0.2, 0) is 0 Å². The van der Waals surface area contributed by atoms with E-state index < -0.39 is 0 Å². The van der Waals surface area contributed by atoms with Crippen LogP contribution in [0, 0.1) is 5.82 Å². The topological polar surface area (TPSA) is 33.2 Å². The Morgan fingerprint density at radius 2 is 1.67 bits per heavy atom. The summed E-state index contributed by atoms with van der Waals surface area (Å²) in [5.41, 5.74) is 1.74. The lowest BCUT2D eigenvalue weighted by molar-refractivity contribution is 0.0567. The molecule has 0 radical (unpaired) electrons. The predicted molar refractivity (Wildman–Crippen MR) is 103 cm³/mol. The fourth-order valence-corrected chi connectivity index (χ4v) is 4.93. The maximum Gasteiger partial charge on any atom is 0.273 e. The molecule has 2 aromatic carbocycles. The molecule has 0 saturated carbocycles. The normalized spacial score (nSPS) is 24.3. The highest BCUT2D eigenvalue weighted by Gasteiger charge is 2.44. The molecule has 4 heteroatoms. The highest BCUT2D eigenvalue weighted by molar-refractivity contribution is 6.05. The molecule has 2 saturated heterocycles. The molecule has 3 nitrogen and oxygen atoms in total. The van der Waals surface area contributed by atoms with Gasteiger partial charge in [0.25, 0.3) is 5.91 Å². The fourth-order valence-electron chi connectivity index (χ4n) is 4.93. The lowest BCUT2D eigenvalue weighted by Gasteiger charge is -2.39. The summed E-state index contributed by atoms with van der Waals surface area (Å²) in [6.07, 6.45) is 5.69. The van der Waals surface area contributed by atoms with Gasteiger partial charge in [-0.15, -0.1) is 0 Å². The van der Waals surface area contributed by atoms with E-state index in [-0.39, 0.29) is 23.8 Å². The van der Waals surface area contributed by atoms with Crippen molar-refractivity contribution in [2.24, 2.45) is 0 Å². The Morgan fingerprint density at radius 3 is 2.41 bits per heavy atom. The van der Waals surface area contributed by atoms with E-state index in [4.69, 9.17) is 0 Å². The number of piperidine rings is 1. The average Bonchev–Trinajstić information content (AvgIpc) is 2.97. The van der Waals surface area contributed by atoms with Crippen LogP contribution in [0.2, 0.25) is 0 Å². The van der Waals surface area contributed by atoms with Gasteiger partial charge < -0.3 is 4.90 Å². The smallest absolute Gasteiger partial charge is 0.273 e. The van der Waals surface area contributed by atoms with E-state index in [1.807, 2.05) is 42.5 Å². The minimum absolute atomic E-state index is 0.0526. The molecule has 2 bridgehead atoms. The van der Waals surface area contributed by atoms with Crippen molar-refractivity contribution in [3.8, 4) is 0 Å². The lowest BCUT2D eigenvalue weighted by Crippen LogP contribution is -2.46.